The van der Waals surface area contributed by atoms with Gasteiger partial charge in [0.15, 0.2) is 16.6 Å². The predicted octanol–water partition coefficient (Wildman–Crippen LogP) is 7.05. The van der Waals surface area contributed by atoms with Crippen molar-refractivity contribution in [3.8, 4) is 12.1 Å². The van der Waals surface area contributed by atoms with E-state index < -0.39 is 0 Å². The number of nitrogens with one attached hydrogen (secondary N) is 2. The van der Waals surface area contributed by atoms with Gasteiger partial charge in [-0.05, 0) is 49.4 Å². The second-order valence-electron chi connectivity index (χ2n) is 9.02. The van der Waals surface area contributed by atoms with Gasteiger partial charge in [-0.25, -0.2) is 4.98 Å². The quantitative estimate of drug-likeness (QED) is 0.0482. The Labute approximate surface area is 299 Å². The summed E-state index contributed by atoms with van der Waals surface area (Å²) in [6.07, 6.45) is 0. The molecule has 0 saturated heterocycles. The molecule has 5 rings (SSSR count). The fourth-order valence-corrected chi connectivity index (χ4v) is 5.60. The molecule has 0 saturated carbocycles. The topological polar surface area (TPSA) is 175 Å². The first-order valence-corrected chi connectivity index (χ1v) is 15.3. The van der Waals surface area contributed by atoms with E-state index >= 15 is 0 Å². The molecule has 2 heterocycles. The van der Waals surface area contributed by atoms with Crippen LogP contribution in [0.3, 0.4) is 0 Å². The van der Waals surface area contributed by atoms with Crippen LogP contribution in [0.1, 0.15) is 16.7 Å². The van der Waals surface area contributed by atoms with E-state index in [0.717, 1.165) is 22.7 Å². The molecule has 2 aromatic heterocycles. The average Bonchev–Trinajstić information content (AvgIpc) is 3.47. The number of nitrogens with zero attached hydrogens (tertiary/aromatic N) is 7. The third kappa shape index (κ3) is 8.95. The second kappa shape index (κ2) is 17.0. The monoisotopic (exact) mass is 693 g/mol. The summed E-state index contributed by atoms with van der Waals surface area (Å²) in [4.78, 5) is 5.04. The maximum atomic E-state index is 10.1. The molecule has 228 valence electrons. The van der Waals surface area contributed by atoms with Crippen molar-refractivity contribution >= 4 is 91.0 Å². The molecule has 5 aromatic rings. The van der Waals surface area contributed by atoms with Gasteiger partial charge in [0, 0.05) is 16.9 Å². The van der Waals surface area contributed by atoms with Crippen molar-refractivity contribution in [3.63, 3.8) is 0 Å². The van der Waals surface area contributed by atoms with Crippen LogP contribution in [0.15, 0.2) is 104 Å². The van der Waals surface area contributed by atoms with E-state index in [-0.39, 0.29) is 50.7 Å². The molecule has 3 aromatic carbocycles. The number of nitriles is 2. The zero-order valence-corrected chi connectivity index (χ0v) is 27.6. The molecule has 2 N–H and O–H groups in total. The fraction of sp³-hybridized carbons (Fsp3) is 0.0333. The molecule has 0 atom stereocenters. The number of para-hydroxylation sites is 2. The Bertz CT molecular complexity index is 2020. The van der Waals surface area contributed by atoms with Crippen LogP contribution in [0, 0.1) is 29.6 Å². The number of aromatic nitrogens is 1. The van der Waals surface area contributed by atoms with Gasteiger partial charge in [0.1, 0.15) is 28.5 Å². The molecule has 0 spiro atoms. The van der Waals surface area contributed by atoms with Crippen LogP contribution in [0.2, 0.25) is 10.0 Å². The third-order valence-electron chi connectivity index (χ3n) is 6.07. The normalized spacial score (nSPS) is 10.9. The number of benzene rings is 3. The molecular formula is C30H18Cl2LiN9O3S2. The maximum Gasteiger partial charge on any atom is 1.00 e. The minimum atomic E-state index is 0. The summed E-state index contributed by atoms with van der Waals surface area (Å²) >= 11 is 14.1. The van der Waals surface area contributed by atoms with Crippen LogP contribution >= 0.6 is 46.6 Å². The Morgan fingerprint density at radius 2 is 1.51 bits per heavy atom. The SMILES string of the molecule is Cc1c(C#N)c(Nc2ccccc2)nc(Nc2ccccc2)c1N=Nc1sc(N=Nc2cc(Cl)c(SOO[O-])cc2Cl)cc1C#N.[Li+]. The van der Waals surface area contributed by atoms with Crippen molar-refractivity contribution in [3.05, 3.63) is 106 Å². The number of hydrogen-bond donors (Lipinski definition) is 2. The van der Waals surface area contributed by atoms with Gasteiger partial charge in [0.2, 0.25) is 0 Å². The van der Waals surface area contributed by atoms with Gasteiger partial charge in [0.25, 0.3) is 0 Å². The number of rotatable bonds is 11. The summed E-state index contributed by atoms with van der Waals surface area (Å²) in [7, 11) is 0. The van der Waals surface area contributed by atoms with Gasteiger partial charge >= 0.3 is 18.9 Å². The first-order chi connectivity index (χ1) is 22.4. The molecule has 0 amide bonds. The Balaban J connectivity index is 0.00000500. The summed E-state index contributed by atoms with van der Waals surface area (Å²) in [5, 5.41) is 57.9. The van der Waals surface area contributed by atoms with Gasteiger partial charge in [-0.3, -0.25) is 5.04 Å². The molecule has 0 fully saturated rings. The van der Waals surface area contributed by atoms with E-state index in [0.29, 0.717) is 44.8 Å². The maximum absolute atomic E-state index is 10.1. The van der Waals surface area contributed by atoms with Crippen LogP contribution in [-0.4, -0.2) is 4.98 Å². The van der Waals surface area contributed by atoms with E-state index in [1.54, 1.807) is 6.92 Å². The largest absolute Gasteiger partial charge is 1.00 e. The third-order valence-corrected chi connectivity index (χ3v) is 8.34. The van der Waals surface area contributed by atoms with Crippen LogP contribution in [0.5, 0.6) is 0 Å². The predicted molar refractivity (Wildman–Crippen MR) is 175 cm³/mol. The Hall–Kier alpha value is -4.30. The number of halogens is 2. The van der Waals surface area contributed by atoms with Crippen molar-refractivity contribution in [2.75, 3.05) is 10.6 Å². The van der Waals surface area contributed by atoms with Crippen LogP contribution in [0.4, 0.5) is 44.4 Å². The summed E-state index contributed by atoms with van der Waals surface area (Å²) in [6, 6.07) is 27.4. The standard InChI is InChI=1S/C30H19Cl2N9O3S2.Li/c1-17-21(16-34)28(35-19-8-4-2-5-9-19)37-29(36-20-10-6-3-7-11-20)27(17)40-41-30-18(15-33)12-26(45-30)39-38-24-13-23(32)25(14-22(24)31)46-44-43-42;/h2-14,42H,1H3,(H2,35,36,37);/q;+1/p-1. The molecule has 0 aliphatic rings. The van der Waals surface area contributed by atoms with Crippen LogP contribution in [-0.2, 0) is 9.37 Å². The number of anilines is 4. The zero-order chi connectivity index (χ0) is 32.5. The minimum Gasteiger partial charge on any atom is -0.691 e. The smallest absolute Gasteiger partial charge is 0.691 e. The van der Waals surface area contributed by atoms with E-state index in [1.165, 1.54) is 18.2 Å². The van der Waals surface area contributed by atoms with Crippen molar-refractivity contribution in [2.45, 2.75) is 11.8 Å². The summed E-state index contributed by atoms with van der Waals surface area (Å²) in [5.74, 6) is 0.692. The number of hydrogen-bond acceptors (Lipinski definition) is 14. The van der Waals surface area contributed by atoms with Gasteiger partial charge < -0.3 is 15.9 Å². The summed E-state index contributed by atoms with van der Waals surface area (Å²) < 4.78 is 4.28. The molecule has 47 heavy (non-hydrogen) atoms. The molecule has 0 aliphatic heterocycles. The Morgan fingerprint density at radius 1 is 0.851 bits per heavy atom. The van der Waals surface area contributed by atoms with E-state index in [2.05, 4.69) is 52.6 Å². The molecule has 0 aliphatic carbocycles. The van der Waals surface area contributed by atoms with Crippen LogP contribution in [0.25, 0.3) is 0 Å². The van der Waals surface area contributed by atoms with Gasteiger partial charge in [-0.1, -0.05) is 70.9 Å². The summed E-state index contributed by atoms with van der Waals surface area (Å²) in [6.45, 7) is 1.75. The average molecular weight is 695 g/mol. The first-order valence-electron chi connectivity index (χ1n) is 13.0. The van der Waals surface area contributed by atoms with Gasteiger partial charge in [0.05, 0.1) is 38.1 Å². The fourth-order valence-electron chi connectivity index (χ4n) is 3.93. The Kier molecular flexibility index (Phi) is 12.9. The molecule has 0 unspecified atom stereocenters. The summed E-state index contributed by atoms with van der Waals surface area (Å²) in [5.41, 5.74) is 3.06. The number of thiophene rings is 1. The van der Waals surface area contributed by atoms with E-state index in [4.69, 9.17) is 28.2 Å². The number of pyridine rings is 1. The molecule has 0 radical (unpaired) electrons. The molecule has 17 heteroatoms. The van der Waals surface area contributed by atoms with Crippen molar-refractivity contribution in [2.24, 2.45) is 20.5 Å². The second-order valence-corrected chi connectivity index (χ2v) is 11.6. The van der Waals surface area contributed by atoms with Crippen molar-refractivity contribution in [1.29, 1.82) is 10.5 Å². The molecule has 12 nitrogen and oxygen atoms in total. The minimum absolute atomic E-state index is 0. The number of azo groups is 2. The Morgan fingerprint density at radius 3 is 2.13 bits per heavy atom. The first kappa shape index (κ1) is 35.5. The van der Waals surface area contributed by atoms with Gasteiger partial charge in [-0.15, -0.1) is 20.5 Å². The van der Waals surface area contributed by atoms with Crippen molar-refractivity contribution < 1.29 is 33.5 Å². The van der Waals surface area contributed by atoms with E-state index in [9.17, 15) is 15.8 Å². The van der Waals surface area contributed by atoms with Gasteiger partial charge in [-0.2, -0.15) is 14.9 Å². The van der Waals surface area contributed by atoms with Crippen LogP contribution < -0.4 is 34.8 Å². The zero-order valence-electron chi connectivity index (χ0n) is 24.4. The molecular weight excluding hydrogens is 676 g/mol. The molecule has 0 bridgehead atoms. The van der Waals surface area contributed by atoms with E-state index in [1.807, 2.05) is 60.7 Å². The van der Waals surface area contributed by atoms with Crippen molar-refractivity contribution in [1.82, 2.24) is 4.98 Å².